The van der Waals surface area contributed by atoms with Gasteiger partial charge in [0.2, 0.25) is 12.2 Å². The fourth-order valence-corrected chi connectivity index (χ4v) is 3.56. The Labute approximate surface area is 197 Å². The van der Waals surface area contributed by atoms with Gasteiger partial charge in [-0.25, -0.2) is 27.9 Å². The molecule has 4 atom stereocenters. The predicted molar refractivity (Wildman–Crippen MR) is 123 cm³/mol. The Kier molecular flexibility index (Phi) is 8.72. The number of likely N-dealkylation sites (tertiary alicyclic amines) is 1. The maximum atomic E-state index is 14.2. The minimum atomic E-state index is -1.95. The number of hydrogen-bond acceptors (Lipinski definition) is 5. The summed E-state index contributed by atoms with van der Waals surface area (Å²) >= 11 is 0. The van der Waals surface area contributed by atoms with Crippen LogP contribution in [0.3, 0.4) is 0 Å². The number of benzene rings is 1. The van der Waals surface area contributed by atoms with E-state index < -0.39 is 25.1 Å². The molecule has 0 aliphatic carbocycles. The first kappa shape index (κ1) is 25.3. The van der Waals surface area contributed by atoms with E-state index in [1.165, 1.54) is 26.4 Å². The molecule has 1 aliphatic heterocycles. The Balaban J connectivity index is 1.59. The second-order valence-electron chi connectivity index (χ2n) is 8.26. The summed E-state index contributed by atoms with van der Waals surface area (Å²) in [6, 6.07) is 6.53. The van der Waals surface area contributed by atoms with Gasteiger partial charge >= 0.3 is 6.03 Å². The number of urea groups is 1. The predicted octanol–water partition coefficient (Wildman–Crippen LogP) is 5.06. The molecule has 34 heavy (non-hydrogen) atoms. The number of carbonyl (C=O) groups excluding carboxylic acids is 1. The summed E-state index contributed by atoms with van der Waals surface area (Å²) in [7, 11) is 1.49. The molecule has 2 amide bonds. The van der Waals surface area contributed by atoms with Crippen LogP contribution >= 0.6 is 0 Å². The number of aromatic nitrogens is 2. The van der Waals surface area contributed by atoms with Crippen molar-refractivity contribution in [3.05, 3.63) is 47.8 Å². The molecule has 0 radical (unpaired) electrons. The minimum Gasteiger partial charge on any atom is -0.480 e. The van der Waals surface area contributed by atoms with E-state index >= 15 is 0 Å². The Morgan fingerprint density at radius 2 is 2.12 bits per heavy atom. The molecule has 0 bridgehead atoms. The third kappa shape index (κ3) is 6.61. The molecule has 1 fully saturated rings. The number of halogens is 3. The van der Waals surface area contributed by atoms with Crippen molar-refractivity contribution in [2.24, 2.45) is 11.8 Å². The third-order valence-corrected chi connectivity index (χ3v) is 5.75. The number of piperidine rings is 1. The zero-order chi connectivity index (χ0) is 24.7. The number of anilines is 1. The molecule has 1 aliphatic rings. The van der Waals surface area contributed by atoms with Crippen LogP contribution in [0.1, 0.15) is 25.8 Å². The number of nitrogens with one attached hydrogen (secondary N) is 1. The van der Waals surface area contributed by atoms with Gasteiger partial charge in [-0.3, -0.25) is 5.32 Å². The zero-order valence-electron chi connectivity index (χ0n) is 19.4. The van der Waals surface area contributed by atoms with Crippen molar-refractivity contribution in [1.82, 2.24) is 14.9 Å². The summed E-state index contributed by atoms with van der Waals surface area (Å²) in [4.78, 5) is 22.4. The average molecular weight is 479 g/mol. The van der Waals surface area contributed by atoms with E-state index in [4.69, 9.17) is 9.47 Å². The van der Waals surface area contributed by atoms with Crippen molar-refractivity contribution in [2.45, 2.75) is 32.8 Å². The average Bonchev–Trinajstić information content (AvgIpc) is 2.84. The van der Waals surface area contributed by atoms with E-state index in [1.54, 1.807) is 23.1 Å². The largest absolute Gasteiger partial charge is 0.480 e. The lowest BCUT2D eigenvalue weighted by atomic mass is 9.91. The van der Waals surface area contributed by atoms with Gasteiger partial charge in [0.25, 0.3) is 0 Å². The molecule has 1 aromatic heterocycles. The summed E-state index contributed by atoms with van der Waals surface area (Å²) < 4.78 is 50.2. The number of carbonyl (C=O) groups is 1. The SMILES string of the molecule is COc1cnc(NC(=O)N2CCC(=Cc3cccc(OC(F)C(C)C(F)CF)c3)C(C)C2)cn1. The molecule has 2 aromatic rings. The van der Waals surface area contributed by atoms with Crippen LogP contribution in [0, 0.1) is 11.8 Å². The molecule has 0 saturated carbocycles. The summed E-state index contributed by atoms with van der Waals surface area (Å²) in [5, 5.41) is 2.73. The van der Waals surface area contributed by atoms with Gasteiger partial charge in [0, 0.05) is 13.1 Å². The highest BCUT2D eigenvalue weighted by Crippen LogP contribution is 2.27. The molecule has 0 spiro atoms. The van der Waals surface area contributed by atoms with Crippen LogP contribution in [0.4, 0.5) is 23.8 Å². The zero-order valence-corrected chi connectivity index (χ0v) is 19.4. The monoisotopic (exact) mass is 478 g/mol. The van der Waals surface area contributed by atoms with Crippen molar-refractivity contribution in [3.63, 3.8) is 0 Å². The molecule has 2 heterocycles. The second kappa shape index (κ2) is 11.7. The summed E-state index contributed by atoms with van der Waals surface area (Å²) in [5.41, 5.74) is 1.93. The Morgan fingerprint density at radius 1 is 1.32 bits per heavy atom. The highest BCUT2D eigenvalue weighted by molar-refractivity contribution is 5.88. The number of methoxy groups -OCH3 is 1. The fourth-order valence-electron chi connectivity index (χ4n) is 3.56. The molecule has 4 unspecified atom stereocenters. The minimum absolute atomic E-state index is 0.0943. The van der Waals surface area contributed by atoms with Crippen molar-refractivity contribution in [1.29, 1.82) is 0 Å². The lowest BCUT2D eigenvalue weighted by Gasteiger charge is -2.33. The van der Waals surface area contributed by atoms with Crippen LogP contribution in [0.15, 0.2) is 42.2 Å². The van der Waals surface area contributed by atoms with Crippen LogP contribution < -0.4 is 14.8 Å². The molecular weight excluding hydrogens is 449 g/mol. The Hall–Kier alpha value is -3.30. The van der Waals surface area contributed by atoms with E-state index in [2.05, 4.69) is 15.3 Å². The smallest absolute Gasteiger partial charge is 0.323 e. The van der Waals surface area contributed by atoms with E-state index in [1.807, 2.05) is 19.1 Å². The van der Waals surface area contributed by atoms with Crippen LogP contribution in [0.5, 0.6) is 11.6 Å². The lowest BCUT2D eigenvalue weighted by Crippen LogP contribution is -2.42. The van der Waals surface area contributed by atoms with Crippen LogP contribution in [-0.2, 0) is 0 Å². The molecule has 10 heteroatoms. The first-order valence-electron chi connectivity index (χ1n) is 11.0. The highest BCUT2D eigenvalue weighted by Gasteiger charge is 2.27. The van der Waals surface area contributed by atoms with Crippen LogP contribution in [0.2, 0.25) is 0 Å². The molecule has 3 rings (SSSR count). The van der Waals surface area contributed by atoms with Crippen LogP contribution in [-0.4, -0.2) is 60.3 Å². The topological polar surface area (TPSA) is 76.6 Å². The standard InChI is InChI=1S/C24H29F3N4O3/c1-15-14-31(24(32)30-21-12-29-22(33-3)13-28-21)8-7-18(15)9-17-5-4-6-19(10-17)34-23(27)16(2)20(26)11-25/h4-6,9-10,12-13,15-16,20,23H,7-8,11,14H2,1-3H3,(H,28,30,32). The van der Waals surface area contributed by atoms with E-state index in [0.29, 0.717) is 31.2 Å². The normalized spacial score (nSPS) is 19.9. The van der Waals surface area contributed by atoms with Gasteiger partial charge < -0.3 is 14.4 Å². The van der Waals surface area contributed by atoms with E-state index in [-0.39, 0.29) is 17.7 Å². The second-order valence-corrected chi connectivity index (χ2v) is 8.26. The lowest BCUT2D eigenvalue weighted by molar-refractivity contribution is -0.0181. The van der Waals surface area contributed by atoms with Crippen molar-refractivity contribution >= 4 is 17.9 Å². The van der Waals surface area contributed by atoms with Crippen molar-refractivity contribution in [3.8, 4) is 11.6 Å². The summed E-state index contributed by atoms with van der Waals surface area (Å²) in [5.74, 6) is -0.188. The molecule has 1 aromatic carbocycles. The Morgan fingerprint density at radius 3 is 2.76 bits per heavy atom. The number of rotatable bonds is 8. The molecule has 1 N–H and O–H groups in total. The van der Waals surface area contributed by atoms with Gasteiger partial charge in [-0.1, -0.05) is 37.6 Å². The highest BCUT2D eigenvalue weighted by atomic mass is 19.2. The molecular formula is C24H29F3N4O3. The maximum Gasteiger partial charge on any atom is 0.323 e. The first-order valence-corrected chi connectivity index (χ1v) is 11.0. The first-order chi connectivity index (χ1) is 16.3. The Bertz CT molecular complexity index is 990. The van der Waals surface area contributed by atoms with Gasteiger partial charge in [0.1, 0.15) is 18.6 Å². The quantitative estimate of drug-likeness (QED) is 0.574. The van der Waals surface area contributed by atoms with Crippen molar-refractivity contribution in [2.75, 3.05) is 32.2 Å². The summed E-state index contributed by atoms with van der Waals surface area (Å²) in [6.45, 7) is 3.08. The summed E-state index contributed by atoms with van der Waals surface area (Å²) in [6.07, 6.45) is 1.63. The van der Waals surface area contributed by atoms with E-state index in [9.17, 15) is 18.0 Å². The van der Waals surface area contributed by atoms with Gasteiger partial charge in [-0.15, -0.1) is 0 Å². The maximum absolute atomic E-state index is 14.2. The van der Waals surface area contributed by atoms with Gasteiger partial charge in [-0.2, -0.15) is 0 Å². The van der Waals surface area contributed by atoms with Crippen LogP contribution in [0.25, 0.3) is 6.08 Å². The van der Waals surface area contributed by atoms with Gasteiger partial charge in [-0.05, 0) is 30.0 Å². The number of hydrogen-bond donors (Lipinski definition) is 1. The van der Waals surface area contributed by atoms with E-state index in [0.717, 1.165) is 11.1 Å². The van der Waals surface area contributed by atoms with Gasteiger partial charge in [0.05, 0.1) is 25.4 Å². The molecule has 7 nitrogen and oxygen atoms in total. The number of alkyl halides is 3. The number of ether oxygens (including phenoxy) is 2. The molecule has 1 saturated heterocycles. The molecule has 184 valence electrons. The fraction of sp³-hybridized carbons (Fsp3) is 0.458. The number of amides is 2. The van der Waals surface area contributed by atoms with Crippen molar-refractivity contribution < 1.29 is 27.4 Å². The number of nitrogens with zero attached hydrogens (tertiary/aromatic N) is 3. The van der Waals surface area contributed by atoms with Gasteiger partial charge in [0.15, 0.2) is 5.82 Å². The third-order valence-electron chi connectivity index (χ3n) is 5.75.